The van der Waals surface area contributed by atoms with Gasteiger partial charge in [-0.1, -0.05) is 30.3 Å². The van der Waals surface area contributed by atoms with E-state index in [1.54, 1.807) is 10.9 Å². The summed E-state index contributed by atoms with van der Waals surface area (Å²) in [6, 6.07) is 10.3. The zero-order valence-electron chi connectivity index (χ0n) is 10.7. The fraction of sp³-hybridized carbons (Fsp3) is 0.308. The van der Waals surface area contributed by atoms with Crippen LogP contribution in [0.3, 0.4) is 0 Å². The van der Waals surface area contributed by atoms with Crippen LogP contribution in [0.1, 0.15) is 18.5 Å². The van der Waals surface area contributed by atoms with E-state index in [1.807, 2.05) is 25.1 Å². The molecule has 0 saturated carbocycles. The van der Waals surface area contributed by atoms with E-state index in [0.717, 1.165) is 6.42 Å². The minimum atomic E-state index is -0.306. The first-order chi connectivity index (χ1) is 9.19. The number of amides is 1. The molecule has 6 heteroatoms. The summed E-state index contributed by atoms with van der Waals surface area (Å²) in [6.07, 6.45) is 2.49. The minimum absolute atomic E-state index is 0.0831. The molecule has 100 valence electrons. The standard InChI is InChI=1S/C13H16N4O2/c1-10(7-11-5-3-2-4-6-11)17-9-13(19-16-17)15-12(18)8-14/h2-6,9-10H,7-8,14H2,1H3/p+1. The van der Waals surface area contributed by atoms with Gasteiger partial charge in [-0.2, -0.15) is 0 Å². The molecule has 0 aliphatic heterocycles. The van der Waals surface area contributed by atoms with Crippen LogP contribution in [0.4, 0.5) is 5.88 Å². The number of rotatable bonds is 5. The molecule has 1 aromatic heterocycles. The maximum atomic E-state index is 11.1. The summed E-state index contributed by atoms with van der Waals surface area (Å²) < 4.78 is 6.70. The molecule has 0 radical (unpaired) electrons. The maximum Gasteiger partial charge on any atom is 0.302 e. The van der Waals surface area contributed by atoms with E-state index < -0.39 is 0 Å². The number of nitrogens with one attached hydrogen (secondary N) is 1. The van der Waals surface area contributed by atoms with Crippen molar-refractivity contribution in [3.8, 4) is 0 Å². The molecule has 0 aliphatic carbocycles. The predicted molar refractivity (Wildman–Crippen MR) is 69.2 cm³/mol. The van der Waals surface area contributed by atoms with Gasteiger partial charge in [0.1, 0.15) is 0 Å². The van der Waals surface area contributed by atoms with Gasteiger partial charge in [-0.15, -0.1) is 0 Å². The van der Waals surface area contributed by atoms with Crippen molar-refractivity contribution in [3.05, 3.63) is 42.1 Å². The molecular weight excluding hydrogens is 244 g/mol. The topological polar surface area (TPSA) is 85.0 Å². The smallest absolute Gasteiger partial charge is 0.302 e. The van der Waals surface area contributed by atoms with Gasteiger partial charge in [0.15, 0.2) is 6.04 Å². The van der Waals surface area contributed by atoms with Crippen LogP contribution in [-0.2, 0) is 11.2 Å². The molecule has 6 nitrogen and oxygen atoms in total. The quantitative estimate of drug-likeness (QED) is 0.774. The molecule has 1 atom stereocenters. The Balaban J connectivity index is 2.00. The second-order valence-corrected chi connectivity index (χ2v) is 4.34. The fourth-order valence-corrected chi connectivity index (χ4v) is 1.76. The second kappa shape index (κ2) is 6.10. The maximum absolute atomic E-state index is 11.1. The molecule has 1 amide bonds. The number of hydrogen-bond acceptors (Lipinski definition) is 4. The van der Waals surface area contributed by atoms with Crippen LogP contribution in [0.25, 0.3) is 0 Å². The van der Waals surface area contributed by atoms with E-state index in [4.69, 9.17) is 10.3 Å². The van der Waals surface area contributed by atoms with Crippen LogP contribution >= 0.6 is 0 Å². The molecule has 2 rings (SSSR count). The van der Waals surface area contributed by atoms with E-state index in [1.165, 1.54) is 5.56 Å². The molecule has 1 unspecified atom stereocenters. The highest BCUT2D eigenvalue weighted by Gasteiger charge is 2.20. The highest BCUT2D eigenvalue weighted by Crippen LogP contribution is 2.09. The Labute approximate surface area is 111 Å². The average Bonchev–Trinajstić information content (AvgIpc) is 2.88. The van der Waals surface area contributed by atoms with Crippen LogP contribution in [-0.4, -0.2) is 17.7 Å². The second-order valence-electron chi connectivity index (χ2n) is 4.34. The van der Waals surface area contributed by atoms with E-state index in [2.05, 4.69) is 22.7 Å². The molecule has 19 heavy (non-hydrogen) atoms. The predicted octanol–water partition coefficient (Wildman–Crippen LogP) is 0.663. The number of carbonyl (C=O) groups excluding carboxylic acids is 1. The summed E-state index contributed by atoms with van der Waals surface area (Å²) in [5, 5.41) is 6.40. The van der Waals surface area contributed by atoms with Crippen molar-refractivity contribution >= 4 is 11.8 Å². The van der Waals surface area contributed by atoms with Crippen molar-refractivity contribution < 1.29 is 14.0 Å². The molecule has 1 heterocycles. The summed E-state index contributed by atoms with van der Waals surface area (Å²) in [7, 11) is 0. The van der Waals surface area contributed by atoms with Gasteiger partial charge >= 0.3 is 5.88 Å². The van der Waals surface area contributed by atoms with Gasteiger partial charge in [0.05, 0.1) is 6.54 Å². The summed E-state index contributed by atoms with van der Waals surface area (Å²) >= 11 is 0. The highest BCUT2D eigenvalue weighted by atomic mass is 16.5. The van der Waals surface area contributed by atoms with Gasteiger partial charge in [0.2, 0.25) is 11.2 Å². The van der Waals surface area contributed by atoms with Crippen LogP contribution in [0.2, 0.25) is 0 Å². The zero-order valence-corrected chi connectivity index (χ0v) is 10.7. The Morgan fingerprint density at radius 1 is 1.47 bits per heavy atom. The van der Waals surface area contributed by atoms with Crippen molar-refractivity contribution in [2.75, 3.05) is 11.9 Å². The number of nitrogens with zero attached hydrogens (tertiary/aromatic N) is 2. The Morgan fingerprint density at radius 3 is 2.89 bits per heavy atom. The molecule has 3 N–H and O–H groups in total. The van der Waals surface area contributed by atoms with Crippen molar-refractivity contribution in [3.63, 3.8) is 0 Å². The van der Waals surface area contributed by atoms with Crippen molar-refractivity contribution in [1.29, 1.82) is 0 Å². The van der Waals surface area contributed by atoms with Gasteiger partial charge in [0.25, 0.3) is 6.20 Å². The van der Waals surface area contributed by atoms with Gasteiger partial charge in [-0.25, -0.2) is 0 Å². The molecule has 0 aliphatic rings. The van der Waals surface area contributed by atoms with Crippen LogP contribution in [0.5, 0.6) is 0 Å². The van der Waals surface area contributed by atoms with E-state index in [0.29, 0.717) is 5.88 Å². The molecule has 0 fully saturated rings. The Kier molecular flexibility index (Phi) is 4.25. The normalized spacial score (nSPS) is 12.1. The van der Waals surface area contributed by atoms with Crippen LogP contribution in [0, 0.1) is 0 Å². The SMILES string of the molecule is CC(Cc1ccccc1)[n+]1cc(NC(=O)CN)on1. The zero-order chi connectivity index (χ0) is 13.7. The van der Waals surface area contributed by atoms with Crippen LogP contribution < -0.4 is 15.7 Å². The fourth-order valence-electron chi connectivity index (χ4n) is 1.76. The van der Waals surface area contributed by atoms with E-state index >= 15 is 0 Å². The molecule has 0 spiro atoms. The summed E-state index contributed by atoms with van der Waals surface area (Å²) in [4.78, 5) is 11.1. The monoisotopic (exact) mass is 261 g/mol. The lowest BCUT2D eigenvalue weighted by Crippen LogP contribution is -2.40. The van der Waals surface area contributed by atoms with Crippen molar-refractivity contribution in [2.45, 2.75) is 19.4 Å². The lowest BCUT2D eigenvalue weighted by Gasteiger charge is -2.01. The van der Waals surface area contributed by atoms with E-state index in [-0.39, 0.29) is 18.5 Å². The summed E-state index contributed by atoms with van der Waals surface area (Å²) in [6.45, 7) is 1.95. The third-order valence-electron chi connectivity index (χ3n) is 2.76. The first-order valence-electron chi connectivity index (χ1n) is 6.11. The molecular formula is C13H17N4O2+. The molecule has 0 bridgehead atoms. The Bertz CT molecular complexity index is 539. The summed E-state index contributed by atoms with van der Waals surface area (Å²) in [5.41, 5.74) is 6.43. The Morgan fingerprint density at radius 2 is 2.21 bits per heavy atom. The van der Waals surface area contributed by atoms with Gasteiger partial charge < -0.3 is 5.73 Å². The lowest BCUT2D eigenvalue weighted by atomic mass is 10.1. The third-order valence-corrected chi connectivity index (χ3v) is 2.76. The lowest BCUT2D eigenvalue weighted by molar-refractivity contribution is -0.782. The average molecular weight is 261 g/mol. The van der Waals surface area contributed by atoms with Gasteiger partial charge in [-0.3, -0.25) is 14.6 Å². The number of benzene rings is 1. The van der Waals surface area contributed by atoms with Crippen molar-refractivity contribution in [2.24, 2.45) is 5.73 Å². The molecule has 0 saturated heterocycles. The largest absolute Gasteiger partial charge is 0.322 e. The summed E-state index contributed by atoms with van der Waals surface area (Å²) in [5.74, 6) is -0.00521. The first kappa shape index (κ1) is 13.2. The number of anilines is 1. The number of carbonyl (C=O) groups is 1. The minimum Gasteiger partial charge on any atom is -0.322 e. The molecule has 2 aromatic rings. The number of hydrogen-bond donors (Lipinski definition) is 2. The number of aromatic nitrogens is 2. The van der Waals surface area contributed by atoms with Crippen molar-refractivity contribution in [1.82, 2.24) is 5.27 Å². The van der Waals surface area contributed by atoms with Crippen LogP contribution in [0.15, 0.2) is 41.1 Å². The van der Waals surface area contributed by atoms with Gasteiger partial charge in [-0.05, 0) is 10.2 Å². The van der Waals surface area contributed by atoms with Gasteiger partial charge in [0, 0.05) is 13.3 Å². The first-order valence-corrected chi connectivity index (χ1v) is 6.11. The number of nitrogens with two attached hydrogens (primary N) is 1. The highest BCUT2D eigenvalue weighted by molar-refractivity contribution is 5.90. The van der Waals surface area contributed by atoms with E-state index in [9.17, 15) is 4.79 Å². The third kappa shape index (κ3) is 3.62. The Hall–Kier alpha value is -2.21. The molecule has 1 aromatic carbocycles.